The van der Waals surface area contributed by atoms with E-state index in [0.717, 1.165) is 5.56 Å². The molecule has 0 aliphatic rings. The van der Waals surface area contributed by atoms with Crippen LogP contribution in [0.2, 0.25) is 0 Å². The van der Waals surface area contributed by atoms with Crippen molar-refractivity contribution in [1.82, 2.24) is 10.2 Å². The first-order valence-corrected chi connectivity index (χ1v) is 9.93. The Balaban J connectivity index is 1.78. The normalized spacial score (nSPS) is 12.4. The summed E-state index contributed by atoms with van der Waals surface area (Å²) in [4.78, 5) is 12.3. The van der Waals surface area contributed by atoms with Gasteiger partial charge in [0, 0.05) is 12.6 Å². The molecule has 0 saturated heterocycles. The van der Waals surface area contributed by atoms with Gasteiger partial charge in [-0.1, -0.05) is 18.2 Å². The van der Waals surface area contributed by atoms with Gasteiger partial charge in [0.15, 0.2) is 6.10 Å². The molecule has 0 radical (unpaired) electrons. The van der Waals surface area contributed by atoms with E-state index in [9.17, 15) is 13.2 Å². The van der Waals surface area contributed by atoms with Crippen molar-refractivity contribution in [3.05, 3.63) is 71.4 Å². The molecule has 1 unspecified atom stereocenters. The zero-order valence-electron chi connectivity index (χ0n) is 15.5. The summed E-state index contributed by atoms with van der Waals surface area (Å²) >= 11 is 0. The van der Waals surface area contributed by atoms with Crippen LogP contribution in [0.1, 0.15) is 40.7 Å². The van der Waals surface area contributed by atoms with Gasteiger partial charge in [-0.2, -0.15) is 0 Å². The molecule has 0 amide bonds. The minimum atomic E-state index is -3.86. The Morgan fingerprint density at radius 2 is 1.86 bits per heavy atom. The molecule has 0 aliphatic heterocycles. The first-order chi connectivity index (χ1) is 13.2. The molecule has 2 aromatic carbocycles. The maximum atomic E-state index is 12.6. The zero-order chi connectivity index (χ0) is 20.3. The molecule has 146 valence electrons. The topological polar surface area (TPSA) is 111 Å². The Hall–Kier alpha value is -3.20. The Bertz CT molecular complexity index is 1110. The predicted molar refractivity (Wildman–Crippen MR) is 101 cm³/mol. The van der Waals surface area contributed by atoms with E-state index >= 15 is 0 Å². The highest BCUT2D eigenvalue weighted by molar-refractivity contribution is 7.92. The van der Waals surface area contributed by atoms with Crippen molar-refractivity contribution in [3.8, 4) is 0 Å². The van der Waals surface area contributed by atoms with Gasteiger partial charge in [-0.15, -0.1) is 10.2 Å². The standard InChI is InChI=1S/C19H19N3O5S/c1-12-6-4-8-16(10-12)22-28(24,25)17-9-5-7-15(11-17)19(23)26-13(2)18-21-20-14(3)27-18/h4-11,13,22H,1-3H3. The van der Waals surface area contributed by atoms with E-state index < -0.39 is 22.1 Å². The second kappa shape index (κ2) is 7.81. The number of carbonyl (C=O) groups excluding carboxylic acids is 1. The fourth-order valence-corrected chi connectivity index (χ4v) is 3.56. The molecular weight excluding hydrogens is 382 g/mol. The van der Waals surface area contributed by atoms with Gasteiger partial charge in [0.25, 0.3) is 15.9 Å². The molecule has 3 aromatic rings. The average molecular weight is 401 g/mol. The van der Waals surface area contributed by atoms with E-state index in [4.69, 9.17) is 9.15 Å². The molecule has 0 bridgehead atoms. The first-order valence-electron chi connectivity index (χ1n) is 8.45. The summed E-state index contributed by atoms with van der Waals surface area (Å²) in [6.07, 6.45) is -0.764. The van der Waals surface area contributed by atoms with Crippen LogP contribution in [-0.4, -0.2) is 24.6 Å². The molecule has 0 fully saturated rings. The molecule has 8 nitrogen and oxygen atoms in total. The molecule has 28 heavy (non-hydrogen) atoms. The molecule has 1 atom stereocenters. The van der Waals surface area contributed by atoms with Crippen molar-refractivity contribution in [2.75, 3.05) is 4.72 Å². The van der Waals surface area contributed by atoms with E-state index in [2.05, 4.69) is 14.9 Å². The predicted octanol–water partition coefficient (Wildman–Crippen LogP) is 3.41. The second-order valence-corrected chi connectivity index (χ2v) is 7.89. The van der Waals surface area contributed by atoms with Crippen molar-refractivity contribution in [1.29, 1.82) is 0 Å². The van der Waals surface area contributed by atoms with Crippen LogP contribution in [0.3, 0.4) is 0 Å². The van der Waals surface area contributed by atoms with E-state index in [0.29, 0.717) is 11.6 Å². The Morgan fingerprint density at radius 3 is 2.54 bits per heavy atom. The lowest BCUT2D eigenvalue weighted by atomic mass is 10.2. The maximum Gasteiger partial charge on any atom is 0.338 e. The number of hydrogen-bond donors (Lipinski definition) is 1. The molecule has 1 heterocycles. The van der Waals surface area contributed by atoms with Gasteiger partial charge in [-0.25, -0.2) is 13.2 Å². The lowest BCUT2D eigenvalue weighted by Gasteiger charge is -2.11. The summed E-state index contributed by atoms with van der Waals surface area (Å²) in [5, 5.41) is 7.49. The largest absolute Gasteiger partial charge is 0.449 e. The third kappa shape index (κ3) is 4.55. The number of aromatic nitrogens is 2. The van der Waals surface area contributed by atoms with Crippen LogP contribution >= 0.6 is 0 Å². The van der Waals surface area contributed by atoms with Crippen LogP contribution in [0.25, 0.3) is 0 Å². The van der Waals surface area contributed by atoms with Crippen LogP contribution in [-0.2, 0) is 14.8 Å². The fraction of sp³-hybridized carbons (Fsp3) is 0.211. The van der Waals surface area contributed by atoms with Gasteiger partial charge in [0.05, 0.1) is 10.5 Å². The number of nitrogens with one attached hydrogen (secondary N) is 1. The Morgan fingerprint density at radius 1 is 1.11 bits per heavy atom. The van der Waals surface area contributed by atoms with Gasteiger partial charge in [-0.05, 0) is 49.7 Å². The maximum absolute atomic E-state index is 12.6. The third-order valence-corrected chi connectivity index (χ3v) is 5.20. The van der Waals surface area contributed by atoms with E-state index in [-0.39, 0.29) is 16.3 Å². The number of esters is 1. The van der Waals surface area contributed by atoms with Gasteiger partial charge in [-0.3, -0.25) is 4.72 Å². The quantitative estimate of drug-likeness (QED) is 0.630. The molecule has 1 aromatic heterocycles. The van der Waals surface area contributed by atoms with Crippen LogP contribution in [0.15, 0.2) is 57.8 Å². The number of sulfonamides is 1. The van der Waals surface area contributed by atoms with Crippen molar-refractivity contribution in [3.63, 3.8) is 0 Å². The molecule has 3 rings (SSSR count). The van der Waals surface area contributed by atoms with Crippen molar-refractivity contribution in [2.45, 2.75) is 31.8 Å². The summed E-state index contributed by atoms with van der Waals surface area (Å²) in [6, 6.07) is 12.6. The number of aryl methyl sites for hydroxylation is 2. The SMILES string of the molecule is Cc1cccc(NS(=O)(=O)c2cccc(C(=O)OC(C)c3nnc(C)o3)c2)c1. The van der Waals surface area contributed by atoms with Gasteiger partial charge in [0.1, 0.15) is 0 Å². The van der Waals surface area contributed by atoms with Crippen molar-refractivity contribution in [2.24, 2.45) is 0 Å². The molecule has 0 saturated carbocycles. The number of benzene rings is 2. The zero-order valence-corrected chi connectivity index (χ0v) is 16.4. The summed E-state index contributed by atoms with van der Waals surface area (Å²) in [6.45, 7) is 5.08. The van der Waals surface area contributed by atoms with Crippen LogP contribution in [0, 0.1) is 13.8 Å². The molecule has 0 spiro atoms. The number of rotatable bonds is 6. The summed E-state index contributed by atoms with van der Waals surface area (Å²) in [7, 11) is -3.86. The van der Waals surface area contributed by atoms with Crippen LogP contribution in [0.4, 0.5) is 5.69 Å². The highest BCUT2D eigenvalue weighted by Gasteiger charge is 2.21. The lowest BCUT2D eigenvalue weighted by molar-refractivity contribution is 0.0276. The third-order valence-electron chi connectivity index (χ3n) is 3.82. The molecular formula is C19H19N3O5S. The minimum Gasteiger partial charge on any atom is -0.449 e. The smallest absolute Gasteiger partial charge is 0.338 e. The van der Waals surface area contributed by atoms with E-state index in [1.54, 1.807) is 32.0 Å². The fourth-order valence-electron chi connectivity index (χ4n) is 2.47. The number of carbonyl (C=O) groups is 1. The van der Waals surface area contributed by atoms with E-state index in [1.165, 1.54) is 24.3 Å². The Kier molecular flexibility index (Phi) is 5.46. The molecule has 0 aliphatic carbocycles. The number of ether oxygens (including phenoxy) is 1. The summed E-state index contributed by atoms with van der Waals surface area (Å²) in [5.74, 6) is -0.181. The molecule has 1 N–H and O–H groups in total. The molecule has 9 heteroatoms. The van der Waals surface area contributed by atoms with E-state index in [1.807, 2.05) is 13.0 Å². The van der Waals surface area contributed by atoms with Gasteiger partial charge >= 0.3 is 5.97 Å². The first kappa shape index (κ1) is 19.6. The second-order valence-electron chi connectivity index (χ2n) is 6.21. The lowest BCUT2D eigenvalue weighted by Crippen LogP contribution is -2.15. The number of hydrogen-bond acceptors (Lipinski definition) is 7. The monoisotopic (exact) mass is 401 g/mol. The van der Waals surface area contributed by atoms with Crippen molar-refractivity contribution < 1.29 is 22.4 Å². The summed E-state index contributed by atoms with van der Waals surface area (Å²) < 4.78 is 38.3. The van der Waals surface area contributed by atoms with Crippen LogP contribution in [0.5, 0.6) is 0 Å². The van der Waals surface area contributed by atoms with Crippen molar-refractivity contribution >= 4 is 21.7 Å². The number of nitrogens with zero attached hydrogens (tertiary/aromatic N) is 2. The minimum absolute atomic E-state index is 0.0512. The summed E-state index contributed by atoms with van der Waals surface area (Å²) in [5.41, 5.74) is 1.45. The van der Waals surface area contributed by atoms with Gasteiger partial charge in [0.2, 0.25) is 5.89 Å². The average Bonchev–Trinajstić information content (AvgIpc) is 3.08. The highest BCUT2D eigenvalue weighted by atomic mass is 32.2. The highest BCUT2D eigenvalue weighted by Crippen LogP contribution is 2.21. The Labute approximate surface area is 162 Å². The van der Waals surface area contributed by atoms with Gasteiger partial charge < -0.3 is 9.15 Å². The number of anilines is 1. The van der Waals surface area contributed by atoms with Crippen LogP contribution < -0.4 is 4.72 Å².